The number of benzene rings is 1. The molecule has 4 rings (SSSR count). The molecule has 1 saturated carbocycles. The summed E-state index contributed by atoms with van der Waals surface area (Å²) in [5, 5.41) is 12.9. The van der Waals surface area contributed by atoms with Crippen LogP contribution in [0, 0.1) is 5.82 Å². The molecule has 2 aromatic rings. The van der Waals surface area contributed by atoms with Crippen LogP contribution >= 0.6 is 0 Å². The number of nitrogens with zero attached hydrogens (tertiary/aromatic N) is 4. The lowest BCUT2D eigenvalue weighted by atomic mass is 9.92. The van der Waals surface area contributed by atoms with Gasteiger partial charge in [-0.05, 0) is 57.4 Å². The Morgan fingerprint density at radius 1 is 1.20 bits per heavy atom. The van der Waals surface area contributed by atoms with Gasteiger partial charge in [0.1, 0.15) is 11.5 Å². The molecule has 1 aromatic carbocycles. The fourth-order valence-electron chi connectivity index (χ4n) is 4.67. The number of alkyl halides is 2. The molecule has 2 aliphatic rings. The molecule has 0 spiro atoms. The number of piperazine rings is 1. The molecule has 7 nitrogen and oxygen atoms in total. The maximum Gasteiger partial charge on any atom is 0.270 e. The molecule has 10 heteroatoms. The Morgan fingerprint density at radius 2 is 1.91 bits per heavy atom. The summed E-state index contributed by atoms with van der Waals surface area (Å²) in [6, 6.07) is 5.94. The van der Waals surface area contributed by atoms with Gasteiger partial charge in [-0.2, -0.15) is 0 Å². The van der Waals surface area contributed by atoms with E-state index < -0.39 is 17.4 Å². The normalized spacial score (nSPS) is 21.2. The molecule has 2 heterocycles. The van der Waals surface area contributed by atoms with Crippen LogP contribution in [0.4, 0.5) is 24.8 Å². The summed E-state index contributed by atoms with van der Waals surface area (Å²) in [6.45, 7) is 6.78. The Labute approximate surface area is 203 Å². The zero-order valence-electron chi connectivity index (χ0n) is 20.3. The van der Waals surface area contributed by atoms with Gasteiger partial charge in [0, 0.05) is 50.8 Å². The second-order valence-electron chi connectivity index (χ2n) is 10.1. The number of carbonyl (C=O) groups is 1. The fourth-order valence-corrected chi connectivity index (χ4v) is 4.67. The van der Waals surface area contributed by atoms with E-state index in [9.17, 15) is 23.1 Å². The lowest BCUT2D eigenvalue weighted by Gasteiger charge is -2.41. The molecule has 1 aliphatic heterocycles. The van der Waals surface area contributed by atoms with E-state index in [1.54, 1.807) is 26.0 Å². The van der Waals surface area contributed by atoms with Crippen molar-refractivity contribution in [2.75, 3.05) is 29.4 Å². The zero-order chi connectivity index (χ0) is 25.4. The van der Waals surface area contributed by atoms with Gasteiger partial charge in [-0.25, -0.2) is 23.1 Å². The quantitative estimate of drug-likeness (QED) is 0.661. The van der Waals surface area contributed by atoms with Gasteiger partial charge >= 0.3 is 0 Å². The van der Waals surface area contributed by atoms with Gasteiger partial charge < -0.3 is 20.2 Å². The van der Waals surface area contributed by atoms with Crippen molar-refractivity contribution in [3.05, 3.63) is 47.5 Å². The molecule has 2 N–H and O–H groups in total. The molecule has 0 radical (unpaired) electrons. The van der Waals surface area contributed by atoms with Crippen LogP contribution in [-0.2, 0) is 5.60 Å². The third-order valence-electron chi connectivity index (χ3n) is 6.81. The Morgan fingerprint density at radius 3 is 2.54 bits per heavy atom. The topological polar surface area (TPSA) is 81.6 Å². The number of nitrogens with one attached hydrogen (secondary N) is 1. The second kappa shape index (κ2) is 9.64. The summed E-state index contributed by atoms with van der Waals surface area (Å²) < 4.78 is 41.6. The van der Waals surface area contributed by atoms with E-state index in [0.29, 0.717) is 36.8 Å². The first kappa shape index (κ1) is 25.2. The first-order valence-corrected chi connectivity index (χ1v) is 12.0. The van der Waals surface area contributed by atoms with Crippen molar-refractivity contribution in [1.29, 1.82) is 0 Å². The molecule has 1 aromatic heterocycles. The Hall–Kier alpha value is -2.88. The first-order chi connectivity index (χ1) is 16.4. The highest BCUT2D eigenvalue weighted by molar-refractivity contribution is 5.92. The third kappa shape index (κ3) is 5.86. The molecule has 35 heavy (non-hydrogen) atoms. The fraction of sp³-hybridized carbons (Fsp3) is 0.560. The number of halogens is 3. The van der Waals surface area contributed by atoms with Gasteiger partial charge in [0.15, 0.2) is 0 Å². The summed E-state index contributed by atoms with van der Waals surface area (Å²) in [4.78, 5) is 25.4. The lowest BCUT2D eigenvalue weighted by molar-refractivity contribution is -0.0399. The molecular weight excluding hydrogens is 459 g/mol. The standard InChI is InChI=1S/C25H32F3N5O2/c1-16-15-32(21-5-4-17(14-19(21)26)24(2,3)35)12-13-33(16)23-29-11-8-20(31-23)22(34)30-18-6-9-25(27,28)10-7-18/h4-5,8,11,14,16,18,35H,6-7,9-10,12-13,15H2,1-3H3,(H,30,34)/t16-/m1/s1. The first-order valence-electron chi connectivity index (χ1n) is 12.0. The van der Waals surface area contributed by atoms with Crippen molar-refractivity contribution in [3.63, 3.8) is 0 Å². The number of carbonyl (C=O) groups excluding carboxylic acids is 1. The minimum absolute atomic E-state index is 0.0593. The summed E-state index contributed by atoms with van der Waals surface area (Å²) in [6.07, 6.45) is 1.54. The summed E-state index contributed by atoms with van der Waals surface area (Å²) in [5.41, 5.74) is 0.0462. The summed E-state index contributed by atoms with van der Waals surface area (Å²) in [5.74, 6) is -3.04. The number of amides is 1. The number of hydrogen-bond donors (Lipinski definition) is 2. The van der Waals surface area contributed by atoms with Gasteiger partial charge in [0.25, 0.3) is 5.91 Å². The highest BCUT2D eigenvalue weighted by Gasteiger charge is 2.35. The lowest BCUT2D eigenvalue weighted by Crippen LogP contribution is -2.53. The van der Waals surface area contributed by atoms with E-state index in [-0.39, 0.29) is 49.3 Å². The zero-order valence-corrected chi connectivity index (χ0v) is 20.3. The smallest absolute Gasteiger partial charge is 0.270 e. The monoisotopic (exact) mass is 491 g/mol. The van der Waals surface area contributed by atoms with Crippen LogP contribution in [0.3, 0.4) is 0 Å². The van der Waals surface area contributed by atoms with Gasteiger partial charge in [0.2, 0.25) is 11.9 Å². The van der Waals surface area contributed by atoms with Gasteiger partial charge in [0.05, 0.1) is 11.3 Å². The van der Waals surface area contributed by atoms with Gasteiger partial charge in [-0.3, -0.25) is 4.79 Å². The Bertz CT molecular complexity index is 1070. The Balaban J connectivity index is 1.40. The molecule has 1 amide bonds. The average Bonchev–Trinajstić information content (AvgIpc) is 2.80. The van der Waals surface area contributed by atoms with E-state index in [0.717, 1.165) is 0 Å². The highest BCUT2D eigenvalue weighted by Crippen LogP contribution is 2.33. The molecule has 2 fully saturated rings. The maximum atomic E-state index is 14.8. The van der Waals surface area contributed by atoms with Crippen LogP contribution in [0.25, 0.3) is 0 Å². The summed E-state index contributed by atoms with van der Waals surface area (Å²) >= 11 is 0. The number of rotatable bonds is 5. The summed E-state index contributed by atoms with van der Waals surface area (Å²) in [7, 11) is 0. The number of aliphatic hydroxyl groups is 1. The largest absolute Gasteiger partial charge is 0.386 e. The van der Waals surface area contributed by atoms with E-state index in [4.69, 9.17) is 0 Å². The van der Waals surface area contributed by atoms with Crippen molar-refractivity contribution in [2.45, 2.75) is 70.1 Å². The average molecular weight is 492 g/mol. The van der Waals surface area contributed by atoms with Crippen LogP contribution in [0.5, 0.6) is 0 Å². The minimum Gasteiger partial charge on any atom is -0.386 e. The molecule has 0 unspecified atom stereocenters. The van der Waals surface area contributed by atoms with E-state index in [1.807, 2.05) is 16.7 Å². The van der Waals surface area contributed by atoms with E-state index in [1.165, 1.54) is 18.3 Å². The number of anilines is 2. The number of hydrogen-bond acceptors (Lipinski definition) is 6. The molecule has 0 bridgehead atoms. The SMILES string of the molecule is C[C@@H]1CN(c2ccc(C(C)(C)O)cc2F)CCN1c1nccc(C(=O)NC2CCC(F)(F)CC2)n1. The molecule has 1 aliphatic carbocycles. The van der Waals surface area contributed by atoms with Gasteiger partial charge in [-0.15, -0.1) is 0 Å². The molecule has 190 valence electrons. The molecule has 1 atom stereocenters. The Kier molecular flexibility index (Phi) is 6.95. The van der Waals surface area contributed by atoms with Crippen molar-refractivity contribution in [1.82, 2.24) is 15.3 Å². The number of aromatic nitrogens is 2. The molecule has 1 saturated heterocycles. The van der Waals surface area contributed by atoms with Crippen LogP contribution in [-0.4, -0.2) is 58.6 Å². The van der Waals surface area contributed by atoms with Crippen LogP contribution in [0.2, 0.25) is 0 Å². The van der Waals surface area contributed by atoms with Crippen LogP contribution in [0.15, 0.2) is 30.5 Å². The van der Waals surface area contributed by atoms with Crippen LogP contribution < -0.4 is 15.1 Å². The van der Waals surface area contributed by atoms with Crippen molar-refractivity contribution >= 4 is 17.5 Å². The highest BCUT2D eigenvalue weighted by atomic mass is 19.3. The third-order valence-corrected chi connectivity index (χ3v) is 6.81. The second-order valence-corrected chi connectivity index (χ2v) is 10.1. The predicted octanol–water partition coefficient (Wildman–Crippen LogP) is 3.87. The molecular formula is C25H32F3N5O2. The minimum atomic E-state index is -2.65. The van der Waals surface area contributed by atoms with E-state index >= 15 is 0 Å². The van der Waals surface area contributed by atoms with Gasteiger partial charge in [-0.1, -0.05) is 6.07 Å². The van der Waals surface area contributed by atoms with Crippen molar-refractivity contribution in [3.8, 4) is 0 Å². The maximum absolute atomic E-state index is 14.8. The predicted molar refractivity (Wildman–Crippen MR) is 127 cm³/mol. The van der Waals surface area contributed by atoms with Crippen molar-refractivity contribution < 1.29 is 23.1 Å². The van der Waals surface area contributed by atoms with Crippen molar-refractivity contribution in [2.24, 2.45) is 0 Å². The van der Waals surface area contributed by atoms with E-state index in [2.05, 4.69) is 15.3 Å². The van der Waals surface area contributed by atoms with Crippen LogP contribution in [0.1, 0.15) is 62.5 Å².